The predicted octanol–water partition coefficient (Wildman–Crippen LogP) is 1.91. The fraction of sp³-hybridized carbons (Fsp3) is 1.00. The summed E-state index contributed by atoms with van der Waals surface area (Å²) in [6.45, 7) is 8.03. The minimum absolute atomic E-state index is 0.646. The van der Waals surface area contributed by atoms with Gasteiger partial charge >= 0.3 is 0 Å². The molecule has 2 heteroatoms. The van der Waals surface area contributed by atoms with Crippen LogP contribution in [0, 0.1) is 0 Å². The van der Waals surface area contributed by atoms with E-state index in [0.29, 0.717) is 18.1 Å². The molecule has 3 atom stereocenters. The van der Waals surface area contributed by atoms with E-state index in [9.17, 15) is 0 Å². The molecule has 13 heavy (non-hydrogen) atoms. The summed E-state index contributed by atoms with van der Waals surface area (Å²) in [6.07, 6.45) is 5.23. The first kappa shape index (κ1) is 11.0. The number of nitrogens with one attached hydrogen (secondary N) is 2. The SMILES string of the molecule is CCCC(C)NC1CCCNC1C. The van der Waals surface area contributed by atoms with Crippen LogP contribution < -0.4 is 10.6 Å². The van der Waals surface area contributed by atoms with Gasteiger partial charge in [-0.25, -0.2) is 0 Å². The van der Waals surface area contributed by atoms with Gasteiger partial charge in [-0.15, -0.1) is 0 Å². The quantitative estimate of drug-likeness (QED) is 0.697. The second-order valence-electron chi connectivity index (χ2n) is 4.35. The Morgan fingerprint density at radius 2 is 2.31 bits per heavy atom. The van der Waals surface area contributed by atoms with E-state index in [1.54, 1.807) is 0 Å². The highest BCUT2D eigenvalue weighted by Gasteiger charge is 2.21. The van der Waals surface area contributed by atoms with E-state index in [1.807, 2.05) is 0 Å². The first-order valence-corrected chi connectivity index (χ1v) is 5.73. The topological polar surface area (TPSA) is 24.1 Å². The first-order chi connectivity index (χ1) is 6.24. The van der Waals surface area contributed by atoms with E-state index in [4.69, 9.17) is 0 Å². The summed E-state index contributed by atoms with van der Waals surface area (Å²) >= 11 is 0. The van der Waals surface area contributed by atoms with E-state index in [2.05, 4.69) is 31.4 Å². The molecular weight excluding hydrogens is 160 g/mol. The van der Waals surface area contributed by atoms with Crippen molar-refractivity contribution in [3.05, 3.63) is 0 Å². The highest BCUT2D eigenvalue weighted by atomic mass is 15.0. The standard InChI is InChI=1S/C11H24N2/c1-4-6-9(2)13-11-7-5-8-12-10(11)3/h9-13H,4-8H2,1-3H3. The lowest BCUT2D eigenvalue weighted by Crippen LogP contribution is -2.52. The van der Waals surface area contributed by atoms with Crippen LogP contribution in [0.1, 0.15) is 46.5 Å². The molecule has 78 valence electrons. The van der Waals surface area contributed by atoms with Gasteiger partial charge in [-0.2, -0.15) is 0 Å². The van der Waals surface area contributed by atoms with Crippen LogP contribution in [0.25, 0.3) is 0 Å². The maximum atomic E-state index is 3.71. The Hall–Kier alpha value is -0.0800. The van der Waals surface area contributed by atoms with Crippen LogP contribution >= 0.6 is 0 Å². The molecule has 2 N–H and O–H groups in total. The van der Waals surface area contributed by atoms with Gasteiger partial charge in [-0.05, 0) is 39.7 Å². The summed E-state index contributed by atoms with van der Waals surface area (Å²) in [4.78, 5) is 0. The Kier molecular flexibility index (Phi) is 4.74. The van der Waals surface area contributed by atoms with Gasteiger partial charge < -0.3 is 10.6 Å². The molecule has 1 saturated heterocycles. The fourth-order valence-corrected chi connectivity index (χ4v) is 2.15. The van der Waals surface area contributed by atoms with Gasteiger partial charge in [0.15, 0.2) is 0 Å². The van der Waals surface area contributed by atoms with Crippen LogP contribution in [0.15, 0.2) is 0 Å². The minimum atomic E-state index is 0.646. The maximum Gasteiger partial charge on any atom is 0.0221 e. The number of hydrogen-bond acceptors (Lipinski definition) is 2. The third kappa shape index (κ3) is 3.65. The molecule has 0 aromatic heterocycles. The van der Waals surface area contributed by atoms with Crippen molar-refractivity contribution < 1.29 is 0 Å². The van der Waals surface area contributed by atoms with Crippen molar-refractivity contribution in [1.29, 1.82) is 0 Å². The van der Waals surface area contributed by atoms with Crippen molar-refractivity contribution in [2.24, 2.45) is 0 Å². The summed E-state index contributed by atoms with van der Waals surface area (Å²) < 4.78 is 0. The second-order valence-corrected chi connectivity index (χ2v) is 4.35. The van der Waals surface area contributed by atoms with E-state index < -0.39 is 0 Å². The molecule has 0 bridgehead atoms. The molecule has 0 aliphatic carbocycles. The second kappa shape index (κ2) is 5.61. The smallest absolute Gasteiger partial charge is 0.0221 e. The highest BCUT2D eigenvalue weighted by molar-refractivity contribution is 4.84. The largest absolute Gasteiger partial charge is 0.313 e. The number of piperidine rings is 1. The average molecular weight is 184 g/mol. The summed E-state index contributed by atoms with van der Waals surface area (Å²) in [7, 11) is 0. The molecule has 3 unspecified atom stereocenters. The van der Waals surface area contributed by atoms with Crippen molar-refractivity contribution in [3.8, 4) is 0 Å². The van der Waals surface area contributed by atoms with Gasteiger partial charge in [0, 0.05) is 18.1 Å². The van der Waals surface area contributed by atoms with Gasteiger partial charge in [-0.1, -0.05) is 13.3 Å². The molecule has 0 amide bonds. The summed E-state index contributed by atoms with van der Waals surface area (Å²) in [5.74, 6) is 0. The molecular formula is C11H24N2. The van der Waals surface area contributed by atoms with Gasteiger partial charge in [-0.3, -0.25) is 0 Å². The van der Waals surface area contributed by atoms with Crippen LogP contribution in [-0.2, 0) is 0 Å². The molecule has 0 aromatic rings. The summed E-state index contributed by atoms with van der Waals surface area (Å²) in [6, 6.07) is 2.01. The molecule has 0 spiro atoms. The van der Waals surface area contributed by atoms with Crippen LogP contribution in [-0.4, -0.2) is 24.7 Å². The van der Waals surface area contributed by atoms with Crippen molar-refractivity contribution in [2.45, 2.75) is 64.6 Å². The van der Waals surface area contributed by atoms with Gasteiger partial charge in [0.05, 0.1) is 0 Å². The Balaban J connectivity index is 2.25. The van der Waals surface area contributed by atoms with Gasteiger partial charge in [0.1, 0.15) is 0 Å². The van der Waals surface area contributed by atoms with E-state index >= 15 is 0 Å². The Bertz CT molecular complexity index is 136. The molecule has 0 saturated carbocycles. The lowest BCUT2D eigenvalue weighted by molar-refractivity contribution is 0.290. The van der Waals surface area contributed by atoms with Crippen molar-refractivity contribution in [2.75, 3.05) is 6.54 Å². The lowest BCUT2D eigenvalue weighted by atomic mass is 9.98. The third-order valence-corrected chi connectivity index (χ3v) is 2.98. The zero-order valence-corrected chi connectivity index (χ0v) is 9.27. The molecule has 0 radical (unpaired) electrons. The zero-order chi connectivity index (χ0) is 9.68. The third-order valence-electron chi connectivity index (χ3n) is 2.98. The van der Waals surface area contributed by atoms with Gasteiger partial charge in [0.25, 0.3) is 0 Å². The molecule has 2 nitrogen and oxygen atoms in total. The van der Waals surface area contributed by atoms with Gasteiger partial charge in [0.2, 0.25) is 0 Å². The average Bonchev–Trinajstić information content (AvgIpc) is 2.09. The highest BCUT2D eigenvalue weighted by Crippen LogP contribution is 2.10. The van der Waals surface area contributed by atoms with E-state index in [0.717, 1.165) is 0 Å². The normalized spacial score (nSPS) is 31.6. The molecule has 1 fully saturated rings. The van der Waals surface area contributed by atoms with Crippen LogP contribution in [0.3, 0.4) is 0 Å². The molecule has 1 heterocycles. The lowest BCUT2D eigenvalue weighted by Gasteiger charge is -2.33. The van der Waals surface area contributed by atoms with Crippen LogP contribution in [0.4, 0.5) is 0 Å². The molecule has 1 aliphatic heterocycles. The summed E-state index contributed by atoms with van der Waals surface area (Å²) in [5.41, 5.74) is 0. The summed E-state index contributed by atoms with van der Waals surface area (Å²) in [5, 5.41) is 7.22. The van der Waals surface area contributed by atoms with Crippen molar-refractivity contribution in [3.63, 3.8) is 0 Å². The molecule has 1 rings (SSSR count). The van der Waals surface area contributed by atoms with Crippen molar-refractivity contribution in [1.82, 2.24) is 10.6 Å². The Labute approximate surface area is 82.5 Å². The van der Waals surface area contributed by atoms with E-state index in [1.165, 1.54) is 32.2 Å². The van der Waals surface area contributed by atoms with E-state index in [-0.39, 0.29) is 0 Å². The molecule has 1 aliphatic rings. The maximum absolute atomic E-state index is 3.71. The fourth-order valence-electron chi connectivity index (χ4n) is 2.15. The van der Waals surface area contributed by atoms with Crippen LogP contribution in [0.5, 0.6) is 0 Å². The first-order valence-electron chi connectivity index (χ1n) is 5.73. The molecule has 0 aromatic carbocycles. The Morgan fingerprint density at radius 3 is 2.92 bits per heavy atom. The van der Waals surface area contributed by atoms with Crippen LogP contribution in [0.2, 0.25) is 0 Å². The zero-order valence-electron chi connectivity index (χ0n) is 9.27. The number of rotatable bonds is 4. The Morgan fingerprint density at radius 1 is 1.54 bits per heavy atom. The van der Waals surface area contributed by atoms with Crippen molar-refractivity contribution >= 4 is 0 Å². The predicted molar refractivity (Wildman–Crippen MR) is 58.0 cm³/mol. The number of hydrogen-bond donors (Lipinski definition) is 2. The minimum Gasteiger partial charge on any atom is -0.313 e. The monoisotopic (exact) mass is 184 g/mol.